The highest BCUT2D eigenvalue weighted by atomic mass is 35.5. The number of esters is 1. The van der Waals surface area contributed by atoms with Crippen LogP contribution in [-0.2, 0) is 16.6 Å². The summed E-state index contributed by atoms with van der Waals surface area (Å²) in [5.41, 5.74) is 0.888. The van der Waals surface area contributed by atoms with E-state index in [9.17, 15) is 9.59 Å². The Labute approximate surface area is 168 Å². The number of hydrogen-bond donors (Lipinski definition) is 1. The van der Waals surface area contributed by atoms with Gasteiger partial charge in [0, 0.05) is 12.1 Å². The van der Waals surface area contributed by atoms with Gasteiger partial charge >= 0.3 is 5.97 Å². The van der Waals surface area contributed by atoms with E-state index in [1.54, 1.807) is 17.9 Å². The van der Waals surface area contributed by atoms with E-state index in [1.807, 2.05) is 0 Å². The van der Waals surface area contributed by atoms with Gasteiger partial charge in [0.05, 0.1) is 40.7 Å². The van der Waals surface area contributed by atoms with Crippen LogP contribution in [0.3, 0.4) is 0 Å². The fourth-order valence-electron chi connectivity index (χ4n) is 2.34. The van der Waals surface area contributed by atoms with E-state index in [1.165, 1.54) is 37.3 Å². The second kappa shape index (κ2) is 8.12. The Balaban J connectivity index is 1.77. The van der Waals surface area contributed by atoms with Crippen LogP contribution in [0.15, 0.2) is 29.7 Å². The summed E-state index contributed by atoms with van der Waals surface area (Å²) in [5.74, 6) is -0.985. The summed E-state index contributed by atoms with van der Waals surface area (Å²) in [5, 5.41) is 8.53. The molecule has 3 aromatic rings. The van der Waals surface area contributed by atoms with Crippen molar-refractivity contribution in [3.05, 3.63) is 40.3 Å². The Hall–Kier alpha value is -2.36. The van der Waals surface area contributed by atoms with E-state index in [2.05, 4.69) is 20.4 Å². The van der Waals surface area contributed by atoms with E-state index in [0.717, 1.165) is 5.39 Å². The summed E-state index contributed by atoms with van der Waals surface area (Å²) < 4.78 is 6.33. The molecular weight excluding hydrogens is 413 g/mol. The molecule has 2 heterocycles. The number of halogens is 2. The van der Waals surface area contributed by atoms with Crippen LogP contribution in [0.2, 0.25) is 10.0 Å². The number of nitrogens with one attached hydrogen (secondary N) is 1. The number of thioether (sulfide) groups is 1. The molecule has 0 bridgehead atoms. The Bertz CT molecular complexity index is 1040. The third kappa shape index (κ3) is 4.15. The predicted octanol–water partition coefficient (Wildman–Crippen LogP) is 3.19. The largest absolute Gasteiger partial charge is 0.465 e. The lowest BCUT2D eigenvalue weighted by atomic mass is 10.1. The molecule has 0 radical (unpaired) electrons. The molecule has 140 valence electrons. The maximum absolute atomic E-state index is 12.4. The van der Waals surface area contributed by atoms with Gasteiger partial charge in [-0.05, 0) is 12.1 Å². The molecule has 1 amide bonds. The van der Waals surface area contributed by atoms with Gasteiger partial charge in [-0.25, -0.2) is 14.8 Å². The van der Waals surface area contributed by atoms with E-state index < -0.39 is 5.97 Å². The quantitative estimate of drug-likeness (QED) is 0.380. The molecule has 0 saturated heterocycles. The van der Waals surface area contributed by atoms with Gasteiger partial charge in [-0.2, -0.15) is 5.10 Å². The minimum absolute atomic E-state index is 0.0422. The number of aromatic nitrogens is 4. The lowest BCUT2D eigenvalue weighted by Gasteiger charge is -2.12. The standard InChI is InChI=1S/C16H13Cl2N5O3S/c1-23-14-10(5-21-23)15(20-7-19-14)27-6-12(24)22-13-9(16(25)26-2)3-8(17)4-11(13)18/h3-5,7H,6H2,1-2H3,(H,22,24). The third-order valence-corrected chi connectivity index (χ3v) is 5.08. The molecule has 3 rings (SSSR count). The molecule has 0 aliphatic carbocycles. The summed E-state index contributed by atoms with van der Waals surface area (Å²) in [6.45, 7) is 0. The number of amides is 1. The lowest BCUT2D eigenvalue weighted by molar-refractivity contribution is -0.113. The molecule has 0 unspecified atom stereocenters. The van der Waals surface area contributed by atoms with Crippen molar-refractivity contribution in [2.45, 2.75) is 5.03 Å². The van der Waals surface area contributed by atoms with Gasteiger partial charge in [0.1, 0.15) is 11.4 Å². The Morgan fingerprint density at radius 1 is 1.30 bits per heavy atom. The zero-order valence-corrected chi connectivity index (χ0v) is 16.5. The van der Waals surface area contributed by atoms with Crippen LogP contribution in [0.4, 0.5) is 5.69 Å². The third-order valence-electron chi connectivity index (χ3n) is 3.56. The molecule has 0 atom stereocenters. The maximum Gasteiger partial charge on any atom is 0.340 e. The molecule has 0 spiro atoms. The average Bonchev–Trinajstić information content (AvgIpc) is 3.03. The second-order valence-corrected chi connectivity index (χ2v) is 7.13. The minimum Gasteiger partial charge on any atom is -0.465 e. The van der Waals surface area contributed by atoms with E-state index >= 15 is 0 Å². The van der Waals surface area contributed by atoms with Crippen molar-refractivity contribution in [1.82, 2.24) is 19.7 Å². The highest BCUT2D eigenvalue weighted by Crippen LogP contribution is 2.31. The number of aryl methyl sites for hydroxylation is 1. The number of benzene rings is 1. The van der Waals surface area contributed by atoms with Crippen LogP contribution in [0.25, 0.3) is 11.0 Å². The first-order valence-corrected chi connectivity index (χ1v) is 9.27. The van der Waals surface area contributed by atoms with Gasteiger partial charge in [-0.1, -0.05) is 35.0 Å². The molecule has 2 aromatic heterocycles. The number of hydrogen-bond acceptors (Lipinski definition) is 7. The fourth-order valence-corrected chi connectivity index (χ4v) is 3.64. The van der Waals surface area contributed by atoms with Gasteiger partial charge in [0.2, 0.25) is 5.91 Å². The number of ether oxygens (including phenoxy) is 1. The number of rotatable bonds is 5. The van der Waals surface area contributed by atoms with E-state index in [-0.39, 0.29) is 33.0 Å². The molecule has 1 N–H and O–H groups in total. The summed E-state index contributed by atoms with van der Waals surface area (Å²) in [4.78, 5) is 32.7. The lowest BCUT2D eigenvalue weighted by Crippen LogP contribution is -2.17. The molecule has 8 nitrogen and oxygen atoms in total. The Morgan fingerprint density at radius 2 is 2.07 bits per heavy atom. The van der Waals surface area contributed by atoms with E-state index in [0.29, 0.717) is 10.7 Å². The number of carbonyl (C=O) groups excluding carboxylic acids is 2. The van der Waals surface area contributed by atoms with Crippen molar-refractivity contribution in [3.63, 3.8) is 0 Å². The minimum atomic E-state index is -0.657. The van der Waals surface area contributed by atoms with Crippen molar-refractivity contribution >= 4 is 63.6 Å². The smallest absolute Gasteiger partial charge is 0.340 e. The number of carbonyl (C=O) groups is 2. The topological polar surface area (TPSA) is 99.0 Å². The SMILES string of the molecule is COC(=O)c1cc(Cl)cc(Cl)c1NC(=O)CSc1ncnc2c1cnn2C. The predicted molar refractivity (Wildman–Crippen MR) is 103 cm³/mol. The molecule has 0 aliphatic rings. The number of nitrogens with zero attached hydrogens (tertiary/aromatic N) is 4. The van der Waals surface area contributed by atoms with Gasteiger partial charge in [0.25, 0.3) is 0 Å². The van der Waals surface area contributed by atoms with Crippen molar-refractivity contribution in [2.75, 3.05) is 18.2 Å². The first-order valence-electron chi connectivity index (χ1n) is 7.53. The van der Waals surface area contributed by atoms with Crippen LogP contribution in [0, 0.1) is 0 Å². The van der Waals surface area contributed by atoms with Crippen molar-refractivity contribution in [2.24, 2.45) is 7.05 Å². The summed E-state index contributed by atoms with van der Waals surface area (Å²) in [6.07, 6.45) is 3.05. The van der Waals surface area contributed by atoms with Crippen LogP contribution in [-0.4, -0.2) is 44.5 Å². The number of anilines is 1. The van der Waals surface area contributed by atoms with Crippen LogP contribution < -0.4 is 5.32 Å². The van der Waals surface area contributed by atoms with Crippen molar-refractivity contribution in [1.29, 1.82) is 0 Å². The van der Waals surface area contributed by atoms with Gasteiger partial charge in [-0.3, -0.25) is 9.48 Å². The highest BCUT2D eigenvalue weighted by molar-refractivity contribution is 8.00. The van der Waals surface area contributed by atoms with Gasteiger partial charge in [0.15, 0.2) is 5.65 Å². The van der Waals surface area contributed by atoms with Crippen LogP contribution in [0.1, 0.15) is 10.4 Å². The van der Waals surface area contributed by atoms with E-state index in [4.69, 9.17) is 27.9 Å². The molecule has 0 fully saturated rings. The first kappa shape index (κ1) is 19.4. The summed E-state index contributed by atoms with van der Waals surface area (Å²) in [6, 6.07) is 2.81. The van der Waals surface area contributed by atoms with Crippen LogP contribution in [0.5, 0.6) is 0 Å². The molecule has 11 heteroatoms. The Kier molecular flexibility index (Phi) is 5.83. The highest BCUT2D eigenvalue weighted by Gasteiger charge is 2.19. The molecule has 1 aromatic carbocycles. The summed E-state index contributed by atoms with van der Waals surface area (Å²) >= 11 is 13.3. The summed E-state index contributed by atoms with van der Waals surface area (Å²) in [7, 11) is 3.00. The normalized spacial score (nSPS) is 10.8. The number of methoxy groups -OCH3 is 1. The molecule has 0 aliphatic heterocycles. The maximum atomic E-state index is 12.4. The first-order chi connectivity index (χ1) is 12.9. The monoisotopic (exact) mass is 425 g/mol. The zero-order chi connectivity index (χ0) is 19.6. The second-order valence-electron chi connectivity index (χ2n) is 5.32. The Morgan fingerprint density at radius 3 is 2.81 bits per heavy atom. The fraction of sp³-hybridized carbons (Fsp3) is 0.188. The molecule has 27 heavy (non-hydrogen) atoms. The molecule has 0 saturated carbocycles. The van der Waals surface area contributed by atoms with Gasteiger partial charge in [-0.15, -0.1) is 0 Å². The van der Waals surface area contributed by atoms with Crippen LogP contribution >= 0.6 is 35.0 Å². The molecular formula is C16H13Cl2N5O3S. The average molecular weight is 426 g/mol. The number of fused-ring (bicyclic) bond motifs is 1. The van der Waals surface area contributed by atoms with Gasteiger partial charge < -0.3 is 10.1 Å². The zero-order valence-electron chi connectivity index (χ0n) is 14.2. The van der Waals surface area contributed by atoms with Crippen molar-refractivity contribution in [3.8, 4) is 0 Å². The van der Waals surface area contributed by atoms with Crippen molar-refractivity contribution < 1.29 is 14.3 Å².